The van der Waals surface area contributed by atoms with Crippen LogP contribution in [0, 0.1) is 83.1 Å². The quantitative estimate of drug-likeness (QED) is 0.0386. The molecular weight excluding hydrogens is 1970 g/mol. The van der Waals surface area contributed by atoms with Crippen molar-refractivity contribution in [3.8, 4) is 20.0 Å². The molecule has 754 valence electrons. The number of nitrogens with zero attached hydrogens (tertiary/aromatic N) is 23. The molecule has 20 rings (SSSR count). The number of aliphatic imine (C=N–C) groups is 4. The maximum atomic E-state index is 13.1. The van der Waals surface area contributed by atoms with Gasteiger partial charge in [-0.25, -0.2) is 0 Å². The van der Waals surface area contributed by atoms with Gasteiger partial charge in [0.25, 0.3) is 0 Å². The summed E-state index contributed by atoms with van der Waals surface area (Å²) in [6.45, 7) is 41.4. The molecule has 39 heteroatoms. The monoisotopic (exact) mass is 2090 g/mol. The topological polar surface area (TPSA) is 321 Å². The van der Waals surface area contributed by atoms with Crippen molar-refractivity contribution in [1.29, 1.82) is 0 Å². The summed E-state index contributed by atoms with van der Waals surface area (Å²) < 4.78 is 8.37. The minimum atomic E-state index is -0.441. The molecule has 16 heterocycles. The molecule has 4 atom stereocenters. The van der Waals surface area contributed by atoms with E-state index in [-0.39, 0.29) is 48.2 Å². The molecular formula is C105H123Cl4N27O4S4. The number of hydrogen-bond acceptors (Lipinski definition) is 27. The third-order valence-electron chi connectivity index (χ3n) is 27.7. The molecule has 0 radical (unpaired) electrons. The molecule has 9 aromatic heterocycles. The number of hydrogen-bond donors (Lipinski definition) is 4. The molecule has 0 unspecified atom stereocenters. The molecule has 4 aromatic carbocycles. The fourth-order valence-corrected chi connectivity index (χ4v) is 24.2. The molecule has 7 aliphatic rings. The molecule has 3 fully saturated rings. The SMILES string of the molecule is Cc1sc2c(c1C)C(c1ccc(Cl)cc1)=N[C@@H](CC(=O)NCCCN1CCN(C)CC1)c1nnc(C)n1-2.Cc1sc2c(c1C)C(c1ccc(Cl)cc1)=N[C@@H](CNC(=O)CCCN1CCN(C)CC1)c1nnc(C)n1-2.Cc1sc2c(c1C)C(c1ccc(Cl)cc1)=N[C@@H](CNC(=O)CCc1cccnc1)c1nnc(C)n1-2.Cc1sc2c(c1C)C(c1ccc(Cl)cc1)=N[C@@H](CNC(=O)CN1CCN(C)CC1)c1nnc(C)n1-2. The number of aromatic nitrogens is 13. The fourth-order valence-electron chi connectivity index (χ4n) is 18.8. The Morgan fingerprint density at radius 1 is 0.347 bits per heavy atom. The Morgan fingerprint density at radius 2 is 0.653 bits per heavy atom. The highest BCUT2D eigenvalue weighted by molar-refractivity contribution is 7.16. The van der Waals surface area contributed by atoms with Crippen molar-refractivity contribution in [1.82, 2.24) is 115 Å². The van der Waals surface area contributed by atoms with E-state index < -0.39 is 6.04 Å². The summed E-state index contributed by atoms with van der Waals surface area (Å²) >= 11 is 31.6. The van der Waals surface area contributed by atoms with Gasteiger partial charge in [0.1, 0.15) is 67.5 Å². The minimum Gasteiger partial charge on any atom is -0.356 e. The number of carbonyl (C=O) groups excluding carboxylic acids is 4. The number of halogens is 4. The molecule has 144 heavy (non-hydrogen) atoms. The Labute approximate surface area is 876 Å². The normalized spacial score (nSPS) is 17.4. The number of pyridine rings is 1. The Balaban J connectivity index is 0.000000132. The van der Waals surface area contributed by atoms with Gasteiger partial charge in [-0.15, -0.1) is 86.1 Å². The van der Waals surface area contributed by atoms with E-state index in [1.807, 2.05) is 137 Å². The summed E-state index contributed by atoms with van der Waals surface area (Å²) in [5, 5.41) is 54.9. The smallest absolute Gasteiger partial charge is 0.234 e. The number of fused-ring (bicyclic) bond motifs is 12. The number of benzene rings is 4. The van der Waals surface area contributed by atoms with Gasteiger partial charge in [-0.3, -0.25) is 67.3 Å². The Hall–Kier alpha value is -11.1. The van der Waals surface area contributed by atoms with E-state index in [1.165, 1.54) is 41.8 Å². The second-order valence-corrected chi connectivity index (χ2v) is 44.3. The summed E-state index contributed by atoms with van der Waals surface area (Å²) in [7, 11) is 6.43. The molecule has 4 amide bonds. The van der Waals surface area contributed by atoms with E-state index in [4.69, 9.17) is 66.4 Å². The Bertz CT molecular complexity index is 6930. The molecule has 0 bridgehead atoms. The molecule has 31 nitrogen and oxygen atoms in total. The van der Waals surface area contributed by atoms with Crippen LogP contribution in [0.5, 0.6) is 0 Å². The summed E-state index contributed by atoms with van der Waals surface area (Å²) in [6.07, 6.45) is 7.04. The second-order valence-electron chi connectivity index (χ2n) is 37.8. The van der Waals surface area contributed by atoms with Crippen molar-refractivity contribution in [2.24, 2.45) is 20.0 Å². The molecule has 0 aliphatic carbocycles. The number of carbonyl (C=O) groups is 4. The van der Waals surface area contributed by atoms with Crippen molar-refractivity contribution in [2.45, 2.75) is 146 Å². The van der Waals surface area contributed by atoms with Gasteiger partial charge in [-0.2, -0.15) is 0 Å². The van der Waals surface area contributed by atoms with Gasteiger partial charge in [-0.1, -0.05) is 101 Å². The first kappa shape index (κ1) is 104. The number of amides is 4. The van der Waals surface area contributed by atoms with Crippen LogP contribution in [0.1, 0.15) is 195 Å². The van der Waals surface area contributed by atoms with Crippen molar-refractivity contribution in [2.75, 3.05) is 145 Å². The number of piperazine rings is 3. The first-order valence-corrected chi connectivity index (χ1v) is 53.8. The van der Waals surface area contributed by atoms with Crippen LogP contribution in [0.25, 0.3) is 20.0 Å². The van der Waals surface area contributed by atoms with Crippen molar-refractivity contribution in [3.63, 3.8) is 0 Å². The molecule has 0 spiro atoms. The van der Waals surface area contributed by atoms with Crippen molar-refractivity contribution in [3.05, 3.63) is 280 Å². The number of rotatable bonds is 25. The van der Waals surface area contributed by atoms with Crippen LogP contribution in [-0.4, -0.2) is 285 Å². The van der Waals surface area contributed by atoms with Gasteiger partial charge in [0.05, 0.1) is 35.8 Å². The second kappa shape index (κ2) is 46.7. The zero-order valence-corrected chi connectivity index (χ0v) is 90.4. The number of thiophene rings is 4. The summed E-state index contributed by atoms with van der Waals surface area (Å²) in [6, 6.07) is 33.3. The minimum absolute atomic E-state index is 0.00614. The molecule has 3 saturated heterocycles. The average Bonchev–Trinajstić information content (AvgIpc) is 1.60. The van der Waals surface area contributed by atoms with E-state index >= 15 is 0 Å². The van der Waals surface area contributed by atoms with Crippen molar-refractivity contribution < 1.29 is 19.2 Å². The van der Waals surface area contributed by atoms with Crippen LogP contribution in [0.3, 0.4) is 0 Å². The zero-order valence-electron chi connectivity index (χ0n) is 84.1. The highest BCUT2D eigenvalue weighted by Gasteiger charge is 2.39. The predicted molar refractivity (Wildman–Crippen MR) is 578 cm³/mol. The highest BCUT2D eigenvalue weighted by Crippen LogP contribution is 2.45. The first-order valence-electron chi connectivity index (χ1n) is 49.0. The molecule has 0 saturated carbocycles. The van der Waals surface area contributed by atoms with E-state index in [0.29, 0.717) is 77.9 Å². The zero-order chi connectivity index (χ0) is 101. The van der Waals surface area contributed by atoms with E-state index in [0.717, 1.165) is 238 Å². The number of aryl methyl sites for hydroxylation is 9. The van der Waals surface area contributed by atoms with Gasteiger partial charge in [0.15, 0.2) is 23.3 Å². The molecule has 4 N–H and O–H groups in total. The maximum Gasteiger partial charge on any atom is 0.234 e. The van der Waals surface area contributed by atoms with Crippen LogP contribution >= 0.6 is 91.8 Å². The van der Waals surface area contributed by atoms with E-state index in [2.05, 4.69) is 191 Å². The predicted octanol–water partition coefficient (Wildman–Crippen LogP) is 16.0. The number of likely N-dealkylation sites (N-methyl/N-ethyl adjacent to an activating group) is 3. The lowest BCUT2D eigenvalue weighted by atomic mass is 9.99. The third kappa shape index (κ3) is 23.9. The van der Waals surface area contributed by atoms with Gasteiger partial charge >= 0.3 is 0 Å². The average molecular weight is 2100 g/mol. The van der Waals surface area contributed by atoms with Gasteiger partial charge in [-0.05, 0) is 219 Å². The summed E-state index contributed by atoms with van der Waals surface area (Å²) in [4.78, 5) is 95.2. The lowest BCUT2D eigenvalue weighted by Gasteiger charge is -2.32. The van der Waals surface area contributed by atoms with Gasteiger partial charge < -0.3 is 45.8 Å². The van der Waals surface area contributed by atoms with Crippen LogP contribution in [0.15, 0.2) is 142 Å². The summed E-state index contributed by atoms with van der Waals surface area (Å²) in [5.74, 6) is 6.13. The van der Waals surface area contributed by atoms with E-state index in [9.17, 15) is 19.2 Å². The van der Waals surface area contributed by atoms with Gasteiger partial charge in [0.2, 0.25) is 23.6 Å². The third-order valence-corrected chi connectivity index (χ3v) is 33.4. The fraction of sp³-hybridized carbons (Fsp3) is 0.419. The van der Waals surface area contributed by atoms with E-state index in [1.54, 1.807) is 57.7 Å². The largest absolute Gasteiger partial charge is 0.356 e. The molecule has 13 aromatic rings. The van der Waals surface area contributed by atoms with Crippen molar-refractivity contribution >= 4 is 138 Å². The summed E-state index contributed by atoms with van der Waals surface area (Å²) in [5.41, 5.74) is 17.6. The van der Waals surface area contributed by atoms with Crippen LogP contribution in [-0.2, 0) is 25.6 Å². The van der Waals surface area contributed by atoms with Gasteiger partial charge in [0, 0.05) is 214 Å². The van der Waals surface area contributed by atoms with Crippen LogP contribution in [0.2, 0.25) is 20.1 Å². The Kier molecular flexibility index (Phi) is 33.8. The Morgan fingerprint density at radius 3 is 0.986 bits per heavy atom. The lowest BCUT2D eigenvalue weighted by molar-refractivity contribution is -0.123. The first-order chi connectivity index (χ1) is 69.4. The highest BCUT2D eigenvalue weighted by atomic mass is 35.5. The maximum absolute atomic E-state index is 13.1. The standard InChI is InChI=1S/2C27H34ClN7OS.C26H25ClN6OS.C25H30ClN7OS/c1-17-18(2)37-27-24(17)25(20-6-8-21(28)9-7-20)30-22(26-32-31-19(3)35(26)27)16-23(36)29-10-5-11-34-14-12-33(4)13-15-34;1-17-18(2)37-27-24(17)25(20-7-9-21(28)10-8-20)30-22(26-32-31-19(3)35(26)27)16-29-23(36)6-5-11-34-14-12-33(4)13-15-34;1-15-16(2)35-26-23(15)24(19-7-9-20(27)10-8-19)30-21(25-32-31-17(3)33(25)26)14-29-22(34)11-6-18-5-4-12-28-13-18;1-15-16(2)35-25-22(15)23(18-5-7-19(26)8-6-18)28-20(24-30-29-17(3)33(24)25)13-27-21(34)14-32-11-9-31(4)10-12-32/h6-9,22H,5,10-16H2,1-4H3,(H,29,36);7-10,22H,5-6,11-16H2,1-4H3,(H,29,36);4-5,7-10,12-13,21H,6,11,14H2,1-3H3,(H,29,34);5-8,20H,9-14H2,1-4H3,(H,27,34)/t2*22-;21-;20-/m0000/s1. The molecule has 7 aliphatic heterocycles. The van der Waals surface area contributed by atoms with Crippen LogP contribution < -0.4 is 21.3 Å². The lowest BCUT2D eigenvalue weighted by Crippen LogP contribution is -2.48. The van der Waals surface area contributed by atoms with Crippen LogP contribution in [0.4, 0.5) is 0 Å². The number of nitrogens with one attached hydrogen (secondary N) is 4.